The Morgan fingerprint density at radius 3 is 2.40 bits per heavy atom. The van der Waals surface area contributed by atoms with Crippen molar-refractivity contribution in [3.05, 3.63) is 0 Å². The van der Waals surface area contributed by atoms with Crippen LogP contribution in [0.15, 0.2) is 5.16 Å². The Bertz CT molecular complexity index is 286. The first-order valence-corrected chi connectivity index (χ1v) is 6.02. The third-order valence-corrected chi connectivity index (χ3v) is 4.47. The van der Waals surface area contributed by atoms with Crippen LogP contribution in [0.3, 0.4) is 0 Å². The summed E-state index contributed by atoms with van der Waals surface area (Å²) < 4.78 is 0. The second-order valence-corrected chi connectivity index (χ2v) is 5.67. The molecule has 4 aliphatic rings. The highest BCUT2D eigenvalue weighted by Gasteiger charge is 2.50. The van der Waals surface area contributed by atoms with E-state index in [2.05, 4.69) is 5.16 Å². The van der Waals surface area contributed by atoms with Crippen molar-refractivity contribution in [3.63, 3.8) is 0 Å². The van der Waals surface area contributed by atoms with Crippen LogP contribution in [0.1, 0.15) is 38.5 Å². The third-order valence-electron chi connectivity index (χ3n) is 4.47. The van der Waals surface area contributed by atoms with E-state index < -0.39 is 5.60 Å². The Kier molecular flexibility index (Phi) is 2.06. The van der Waals surface area contributed by atoms with Gasteiger partial charge in [0.2, 0.25) is 0 Å². The van der Waals surface area contributed by atoms with Crippen LogP contribution in [-0.4, -0.2) is 23.5 Å². The van der Waals surface area contributed by atoms with Gasteiger partial charge in [0.05, 0.1) is 5.71 Å². The maximum Gasteiger partial charge on any atom is 0.106 e. The summed E-state index contributed by atoms with van der Waals surface area (Å²) in [6.45, 7) is 0. The van der Waals surface area contributed by atoms with E-state index in [0.717, 1.165) is 42.7 Å². The van der Waals surface area contributed by atoms with Gasteiger partial charge in [-0.2, -0.15) is 0 Å². The molecule has 0 spiro atoms. The Balaban J connectivity index is 1.98. The first-order valence-electron chi connectivity index (χ1n) is 6.02. The molecular weight excluding hydrogens is 190 g/mol. The molecule has 0 aliphatic heterocycles. The first-order chi connectivity index (χ1) is 7.19. The van der Waals surface area contributed by atoms with E-state index in [1.165, 1.54) is 19.3 Å². The summed E-state index contributed by atoms with van der Waals surface area (Å²) in [4.78, 5) is 4.89. The number of oxime groups is 1. The lowest BCUT2D eigenvalue weighted by Gasteiger charge is -2.42. The molecule has 0 amide bonds. The lowest BCUT2D eigenvalue weighted by Crippen LogP contribution is -2.44. The summed E-state index contributed by atoms with van der Waals surface area (Å²) in [7, 11) is 1.58. The molecule has 4 bridgehead atoms. The van der Waals surface area contributed by atoms with E-state index in [-0.39, 0.29) is 0 Å². The van der Waals surface area contributed by atoms with Crippen molar-refractivity contribution in [3.8, 4) is 0 Å². The number of hydrogen-bond donors (Lipinski definition) is 1. The van der Waals surface area contributed by atoms with Crippen LogP contribution < -0.4 is 0 Å². The molecule has 0 aromatic carbocycles. The molecule has 4 atom stereocenters. The van der Waals surface area contributed by atoms with Gasteiger partial charge >= 0.3 is 0 Å². The zero-order valence-electron chi connectivity index (χ0n) is 9.28. The molecule has 3 nitrogen and oxygen atoms in total. The average Bonchev–Trinajstić information content (AvgIpc) is 2.28. The van der Waals surface area contributed by atoms with Crippen molar-refractivity contribution in [1.82, 2.24) is 0 Å². The molecule has 4 aliphatic carbocycles. The maximum atomic E-state index is 10.7. The number of aliphatic hydroxyl groups is 1. The van der Waals surface area contributed by atoms with Crippen LogP contribution in [0.5, 0.6) is 0 Å². The van der Waals surface area contributed by atoms with Crippen molar-refractivity contribution < 1.29 is 9.94 Å². The monoisotopic (exact) mass is 209 g/mol. The van der Waals surface area contributed by atoms with Gasteiger partial charge in [0.25, 0.3) is 0 Å². The van der Waals surface area contributed by atoms with E-state index in [9.17, 15) is 5.11 Å². The fourth-order valence-electron chi connectivity index (χ4n) is 4.17. The van der Waals surface area contributed by atoms with E-state index in [4.69, 9.17) is 4.84 Å². The highest BCUT2D eigenvalue weighted by atomic mass is 16.6. The summed E-state index contributed by atoms with van der Waals surface area (Å²) in [5.41, 5.74) is 0.286. The van der Waals surface area contributed by atoms with Crippen LogP contribution >= 0.6 is 0 Å². The Hall–Kier alpha value is -0.570. The van der Waals surface area contributed by atoms with Gasteiger partial charge in [-0.05, 0) is 56.3 Å². The van der Waals surface area contributed by atoms with E-state index >= 15 is 0 Å². The minimum atomic E-state index is -0.630. The van der Waals surface area contributed by atoms with Gasteiger partial charge in [-0.1, -0.05) is 5.16 Å². The van der Waals surface area contributed by atoms with Gasteiger partial charge in [-0.15, -0.1) is 0 Å². The maximum absolute atomic E-state index is 10.7. The summed E-state index contributed by atoms with van der Waals surface area (Å²) in [5.74, 6) is 2.22. The van der Waals surface area contributed by atoms with Gasteiger partial charge < -0.3 is 9.94 Å². The predicted octanol–water partition coefficient (Wildman–Crippen LogP) is 1.95. The van der Waals surface area contributed by atoms with Crippen LogP contribution in [-0.2, 0) is 4.84 Å². The second kappa shape index (κ2) is 3.21. The van der Waals surface area contributed by atoms with Gasteiger partial charge in [0, 0.05) is 0 Å². The number of fused-ring (bicyclic) bond motifs is 1. The zero-order chi connectivity index (χ0) is 10.5. The van der Waals surface area contributed by atoms with Gasteiger partial charge in [0.15, 0.2) is 0 Å². The molecule has 4 fully saturated rings. The standard InChI is InChI=1S/C12H19NO2/c1-15-13-11-5-8-2-9-4-10(3-8)7-12(11,14)6-9/h8-10,14H,2-7H2,1H3/b13-11+/t8?,9-,10+,12?. The molecule has 4 saturated carbocycles. The first kappa shape index (κ1) is 9.64. The molecule has 0 aromatic heterocycles. The smallest absolute Gasteiger partial charge is 0.106 e. The Morgan fingerprint density at radius 2 is 1.80 bits per heavy atom. The van der Waals surface area contributed by atoms with Gasteiger partial charge in [0.1, 0.15) is 12.7 Å². The highest BCUT2D eigenvalue weighted by Crippen LogP contribution is 2.51. The van der Waals surface area contributed by atoms with Crippen LogP contribution in [0.2, 0.25) is 0 Å². The summed E-state index contributed by atoms with van der Waals surface area (Å²) in [6, 6.07) is 0. The average molecular weight is 209 g/mol. The lowest BCUT2D eigenvalue weighted by atomic mass is 9.66. The third kappa shape index (κ3) is 1.48. The van der Waals surface area contributed by atoms with Crippen molar-refractivity contribution >= 4 is 5.71 Å². The normalized spacial score (nSPS) is 50.8. The Labute approximate surface area is 90.5 Å². The molecule has 0 heterocycles. The van der Waals surface area contributed by atoms with Crippen molar-refractivity contribution in [2.45, 2.75) is 44.1 Å². The molecule has 4 rings (SSSR count). The summed E-state index contributed by atoms with van der Waals surface area (Å²) in [5, 5.41) is 14.7. The fraction of sp³-hybridized carbons (Fsp3) is 0.917. The predicted molar refractivity (Wildman–Crippen MR) is 57.6 cm³/mol. The van der Waals surface area contributed by atoms with E-state index in [1.54, 1.807) is 7.11 Å². The molecule has 1 N–H and O–H groups in total. The topological polar surface area (TPSA) is 41.8 Å². The second-order valence-electron chi connectivity index (χ2n) is 5.67. The van der Waals surface area contributed by atoms with E-state index in [0.29, 0.717) is 0 Å². The SMILES string of the molecule is CO/N=C1\CC2C[C@@H]3C[C@H](C2)CC1(O)C3. The minimum Gasteiger partial charge on any atom is -0.399 e. The largest absolute Gasteiger partial charge is 0.399 e. The molecule has 15 heavy (non-hydrogen) atoms. The number of rotatable bonds is 1. The van der Waals surface area contributed by atoms with E-state index in [1.807, 2.05) is 0 Å². The van der Waals surface area contributed by atoms with Crippen LogP contribution in [0.4, 0.5) is 0 Å². The van der Waals surface area contributed by atoms with Crippen molar-refractivity contribution in [1.29, 1.82) is 0 Å². The van der Waals surface area contributed by atoms with Crippen LogP contribution in [0.25, 0.3) is 0 Å². The Morgan fingerprint density at radius 1 is 1.20 bits per heavy atom. The quantitative estimate of drug-likeness (QED) is 0.671. The number of hydrogen-bond acceptors (Lipinski definition) is 3. The molecule has 0 saturated heterocycles. The lowest BCUT2D eigenvalue weighted by molar-refractivity contribution is 0.000108. The molecule has 0 radical (unpaired) electrons. The number of nitrogens with zero attached hydrogens (tertiary/aromatic N) is 1. The van der Waals surface area contributed by atoms with Gasteiger partial charge in [-0.25, -0.2) is 0 Å². The minimum absolute atomic E-state index is 0.630. The van der Waals surface area contributed by atoms with Crippen molar-refractivity contribution in [2.75, 3.05) is 7.11 Å². The van der Waals surface area contributed by atoms with Gasteiger partial charge in [-0.3, -0.25) is 0 Å². The molecular formula is C12H19NO2. The highest BCUT2D eigenvalue weighted by molar-refractivity contribution is 5.92. The van der Waals surface area contributed by atoms with Crippen molar-refractivity contribution in [2.24, 2.45) is 22.9 Å². The molecule has 2 unspecified atom stereocenters. The molecule has 0 aromatic rings. The summed E-state index contributed by atoms with van der Waals surface area (Å²) >= 11 is 0. The van der Waals surface area contributed by atoms with Crippen LogP contribution in [0, 0.1) is 17.8 Å². The molecule has 84 valence electrons. The molecule has 3 heteroatoms. The zero-order valence-corrected chi connectivity index (χ0v) is 9.28. The fourth-order valence-corrected chi connectivity index (χ4v) is 4.17. The summed E-state index contributed by atoms with van der Waals surface area (Å²) in [6.07, 6.45) is 6.71.